The first-order valence-electron chi connectivity index (χ1n) is 12.5. The molecule has 2 heterocycles. The number of piperidine rings is 1. The van der Waals surface area contributed by atoms with Gasteiger partial charge in [-0.2, -0.15) is 0 Å². The van der Waals surface area contributed by atoms with E-state index < -0.39 is 0 Å². The lowest BCUT2D eigenvalue weighted by atomic mass is 9.72. The van der Waals surface area contributed by atoms with E-state index >= 15 is 0 Å². The highest BCUT2D eigenvalue weighted by atomic mass is 16.2. The summed E-state index contributed by atoms with van der Waals surface area (Å²) in [7, 11) is 0. The van der Waals surface area contributed by atoms with Gasteiger partial charge < -0.3 is 10.2 Å². The highest BCUT2D eigenvalue weighted by Gasteiger charge is 2.53. The second-order valence-electron chi connectivity index (χ2n) is 10.1. The van der Waals surface area contributed by atoms with Crippen molar-refractivity contribution in [3.8, 4) is 0 Å². The van der Waals surface area contributed by atoms with E-state index in [4.69, 9.17) is 0 Å². The van der Waals surface area contributed by atoms with Gasteiger partial charge in [-0.3, -0.25) is 4.79 Å². The predicted molar refractivity (Wildman–Crippen MR) is 132 cm³/mol. The van der Waals surface area contributed by atoms with Gasteiger partial charge in [0.25, 0.3) is 0 Å². The van der Waals surface area contributed by atoms with E-state index in [0.717, 1.165) is 45.3 Å². The molecular weight excluding hydrogens is 404 g/mol. The molecule has 3 aromatic carbocycles. The van der Waals surface area contributed by atoms with Crippen molar-refractivity contribution in [2.24, 2.45) is 5.92 Å². The Morgan fingerprint density at radius 1 is 0.879 bits per heavy atom. The van der Waals surface area contributed by atoms with Crippen LogP contribution in [0.25, 0.3) is 0 Å². The van der Waals surface area contributed by atoms with Gasteiger partial charge in [-0.25, -0.2) is 0 Å². The molecule has 0 saturated carbocycles. The van der Waals surface area contributed by atoms with Crippen LogP contribution < -0.4 is 5.32 Å². The summed E-state index contributed by atoms with van der Waals surface area (Å²) in [4.78, 5) is 16.5. The average molecular weight is 437 g/mol. The van der Waals surface area contributed by atoms with Gasteiger partial charge >= 0.3 is 0 Å². The van der Waals surface area contributed by atoms with E-state index in [1.165, 1.54) is 22.3 Å². The maximum absolute atomic E-state index is 14.3. The van der Waals surface area contributed by atoms with Crippen molar-refractivity contribution in [2.75, 3.05) is 19.6 Å². The molecule has 3 aliphatic rings. The third-order valence-electron chi connectivity index (χ3n) is 8.49. The molecule has 0 bridgehead atoms. The molecule has 6 rings (SSSR count). The Labute approximate surface area is 196 Å². The molecule has 2 aliphatic heterocycles. The van der Waals surface area contributed by atoms with Crippen molar-refractivity contribution >= 4 is 5.91 Å². The lowest BCUT2D eigenvalue weighted by Gasteiger charge is -2.43. The summed E-state index contributed by atoms with van der Waals surface area (Å²) < 4.78 is 0. The molecule has 0 radical (unpaired) electrons. The Morgan fingerprint density at radius 2 is 1.58 bits per heavy atom. The smallest absolute Gasteiger partial charge is 0.228 e. The Bertz CT molecular complexity index is 1130. The summed E-state index contributed by atoms with van der Waals surface area (Å²) in [5.41, 5.74) is 5.45. The second kappa shape index (κ2) is 8.46. The monoisotopic (exact) mass is 436 g/mol. The van der Waals surface area contributed by atoms with E-state index in [9.17, 15) is 4.79 Å². The lowest BCUT2D eigenvalue weighted by Crippen LogP contribution is -2.49. The first-order valence-corrected chi connectivity index (χ1v) is 12.5. The minimum atomic E-state index is -0.0504. The van der Waals surface area contributed by atoms with Crippen LogP contribution in [0.15, 0.2) is 84.9 Å². The van der Waals surface area contributed by atoms with Crippen molar-refractivity contribution in [2.45, 2.75) is 43.1 Å². The van der Waals surface area contributed by atoms with Crippen molar-refractivity contribution in [1.29, 1.82) is 0 Å². The first kappa shape index (κ1) is 20.7. The number of aryl methyl sites for hydroxylation is 1. The minimum absolute atomic E-state index is 0.0145. The Hall–Kier alpha value is -2.91. The van der Waals surface area contributed by atoms with Crippen molar-refractivity contribution in [1.82, 2.24) is 10.2 Å². The van der Waals surface area contributed by atoms with E-state index in [0.29, 0.717) is 11.8 Å². The zero-order valence-electron chi connectivity index (χ0n) is 19.1. The molecule has 168 valence electrons. The fraction of sp³-hybridized carbons (Fsp3) is 0.367. The third kappa shape index (κ3) is 3.50. The molecule has 4 atom stereocenters. The van der Waals surface area contributed by atoms with Crippen LogP contribution in [0.1, 0.15) is 53.5 Å². The topological polar surface area (TPSA) is 32.3 Å². The Morgan fingerprint density at radius 3 is 2.36 bits per heavy atom. The van der Waals surface area contributed by atoms with Gasteiger partial charge in [0.05, 0.1) is 12.0 Å². The average Bonchev–Trinajstić information content (AvgIpc) is 3.49. The van der Waals surface area contributed by atoms with Crippen LogP contribution >= 0.6 is 0 Å². The summed E-state index contributed by atoms with van der Waals surface area (Å²) in [6.07, 6.45) is 4.18. The summed E-state index contributed by atoms with van der Waals surface area (Å²) in [6, 6.07) is 30.5. The molecule has 1 N–H and O–H groups in total. The van der Waals surface area contributed by atoms with Crippen LogP contribution in [0, 0.1) is 5.92 Å². The summed E-state index contributed by atoms with van der Waals surface area (Å²) >= 11 is 0. The number of likely N-dealkylation sites (tertiary alicyclic amines) is 1. The molecule has 2 saturated heterocycles. The van der Waals surface area contributed by atoms with Crippen LogP contribution in [0.4, 0.5) is 0 Å². The lowest BCUT2D eigenvalue weighted by molar-refractivity contribution is -0.141. The summed E-state index contributed by atoms with van der Waals surface area (Å²) in [5, 5.41) is 3.61. The van der Waals surface area contributed by atoms with Gasteiger partial charge in [0.2, 0.25) is 5.91 Å². The van der Waals surface area contributed by atoms with Crippen LogP contribution in [-0.2, 0) is 16.6 Å². The molecule has 0 aromatic heterocycles. The Balaban J connectivity index is 1.33. The van der Waals surface area contributed by atoms with Crippen molar-refractivity contribution in [3.63, 3.8) is 0 Å². The number of carbonyl (C=O) groups is 1. The minimum Gasteiger partial charge on any atom is -0.335 e. The highest BCUT2D eigenvalue weighted by molar-refractivity contribution is 5.82. The van der Waals surface area contributed by atoms with Gasteiger partial charge in [0.1, 0.15) is 0 Å². The molecule has 3 heteroatoms. The summed E-state index contributed by atoms with van der Waals surface area (Å²) in [6.45, 7) is 2.52. The van der Waals surface area contributed by atoms with Gasteiger partial charge in [-0.1, -0.05) is 84.9 Å². The van der Waals surface area contributed by atoms with E-state index in [2.05, 4.69) is 95.1 Å². The molecule has 0 unspecified atom stereocenters. The van der Waals surface area contributed by atoms with Crippen LogP contribution in [0.5, 0.6) is 0 Å². The van der Waals surface area contributed by atoms with Gasteiger partial charge in [-0.15, -0.1) is 0 Å². The largest absolute Gasteiger partial charge is 0.335 e. The highest BCUT2D eigenvalue weighted by Crippen LogP contribution is 2.48. The first-order chi connectivity index (χ1) is 16.3. The van der Waals surface area contributed by atoms with Crippen LogP contribution in [0.2, 0.25) is 0 Å². The van der Waals surface area contributed by atoms with E-state index in [1.807, 2.05) is 0 Å². The molecule has 1 amide bonds. The van der Waals surface area contributed by atoms with Gasteiger partial charge in [0, 0.05) is 25.0 Å². The number of amides is 1. The van der Waals surface area contributed by atoms with E-state index in [-0.39, 0.29) is 17.4 Å². The molecule has 1 aliphatic carbocycles. The maximum Gasteiger partial charge on any atom is 0.228 e. The molecule has 3 aromatic rings. The second-order valence-corrected chi connectivity index (χ2v) is 10.1. The zero-order valence-corrected chi connectivity index (χ0v) is 19.1. The number of carbonyl (C=O) groups excluding carboxylic acids is 1. The number of nitrogens with zero attached hydrogens (tertiary/aromatic N) is 1. The standard InChI is InChI=1S/C30H32N2O/c33-29(27-20-31-21-30(27)17-15-23-11-7-8-14-26(23)30)32-18-16-25(22-9-3-1-4-10-22)19-28(32)24-12-5-2-6-13-24/h1-14,25,27-28,31H,15-21H2/t25-,27+,28+,30+/m0/s1. The van der Waals surface area contributed by atoms with E-state index in [1.54, 1.807) is 0 Å². The fourth-order valence-corrected chi connectivity index (χ4v) is 6.79. The molecule has 1 spiro atoms. The molecule has 33 heavy (non-hydrogen) atoms. The van der Waals surface area contributed by atoms with Crippen LogP contribution in [0.3, 0.4) is 0 Å². The molecule has 2 fully saturated rings. The van der Waals surface area contributed by atoms with Crippen molar-refractivity contribution in [3.05, 3.63) is 107 Å². The number of benzene rings is 3. The van der Waals surface area contributed by atoms with Crippen LogP contribution in [-0.4, -0.2) is 30.4 Å². The number of rotatable bonds is 3. The third-order valence-corrected chi connectivity index (χ3v) is 8.49. The van der Waals surface area contributed by atoms with Crippen molar-refractivity contribution < 1.29 is 4.79 Å². The van der Waals surface area contributed by atoms with Gasteiger partial charge in [-0.05, 0) is 53.9 Å². The molecule has 3 nitrogen and oxygen atoms in total. The number of hydrogen-bond acceptors (Lipinski definition) is 2. The normalized spacial score (nSPS) is 28.7. The number of fused-ring (bicyclic) bond motifs is 2. The number of hydrogen-bond donors (Lipinski definition) is 1. The maximum atomic E-state index is 14.3. The quantitative estimate of drug-likeness (QED) is 0.609. The molecular formula is C30H32N2O. The zero-order chi connectivity index (χ0) is 22.3. The fourth-order valence-electron chi connectivity index (χ4n) is 6.79. The Kier molecular flexibility index (Phi) is 5.30. The predicted octanol–water partition coefficient (Wildman–Crippen LogP) is 5.24. The van der Waals surface area contributed by atoms with Gasteiger partial charge in [0.15, 0.2) is 0 Å². The summed E-state index contributed by atoms with van der Waals surface area (Å²) in [5.74, 6) is 0.848. The number of nitrogens with one attached hydrogen (secondary N) is 1. The SMILES string of the molecule is O=C([C@H]1CNC[C@@]12CCc1ccccc12)N1CC[C@H](c2ccccc2)C[C@@H]1c1ccccc1.